The van der Waals surface area contributed by atoms with Gasteiger partial charge in [-0.15, -0.1) is 0 Å². The van der Waals surface area contributed by atoms with E-state index in [9.17, 15) is 5.26 Å². The zero-order valence-corrected chi connectivity index (χ0v) is 14.7. The Labute approximate surface area is 143 Å². The van der Waals surface area contributed by atoms with E-state index < -0.39 is 0 Å². The molecule has 0 aromatic carbocycles. The monoisotopic (exact) mass is 375 g/mol. The van der Waals surface area contributed by atoms with Crippen LogP contribution >= 0.6 is 15.9 Å². The molecule has 1 aliphatic rings. The molecule has 0 N–H and O–H groups in total. The normalized spacial score (nSPS) is 15.9. The lowest BCUT2D eigenvalue weighted by molar-refractivity contribution is 0.353. The maximum absolute atomic E-state index is 9.29. The molecule has 3 heterocycles. The minimum absolute atomic E-state index is 0.251. The van der Waals surface area contributed by atoms with Crippen molar-refractivity contribution in [1.82, 2.24) is 15.1 Å². The molecule has 0 bridgehead atoms. The molecule has 2 aromatic heterocycles. The van der Waals surface area contributed by atoms with Gasteiger partial charge in [0.1, 0.15) is 11.9 Å². The summed E-state index contributed by atoms with van der Waals surface area (Å²) >= 11 is 3.36. The van der Waals surface area contributed by atoms with E-state index in [1.165, 1.54) is 0 Å². The Morgan fingerprint density at radius 2 is 2.13 bits per heavy atom. The van der Waals surface area contributed by atoms with Gasteiger partial charge >= 0.3 is 0 Å². The standard InChI is InChI=1S/C16H18BrN5O/c1-10(2)16-20-14(21-23-16)11-3-5-22(6-4-11)15-12(8-18)7-13(17)9-19-15/h7,9-11H,3-6H2,1-2H3. The van der Waals surface area contributed by atoms with Crippen molar-refractivity contribution >= 4 is 21.7 Å². The SMILES string of the molecule is CC(C)c1nc(C2CCN(c3ncc(Br)cc3C#N)CC2)no1. The Bertz CT molecular complexity index is 728. The summed E-state index contributed by atoms with van der Waals surface area (Å²) in [7, 11) is 0. The Morgan fingerprint density at radius 3 is 2.74 bits per heavy atom. The molecule has 6 nitrogen and oxygen atoms in total. The molecule has 120 valence electrons. The van der Waals surface area contributed by atoms with Gasteiger partial charge in [0.05, 0.1) is 5.56 Å². The summed E-state index contributed by atoms with van der Waals surface area (Å²) in [6, 6.07) is 4.03. The van der Waals surface area contributed by atoms with Gasteiger partial charge in [0, 0.05) is 35.6 Å². The third-order valence-electron chi connectivity index (χ3n) is 4.06. The van der Waals surface area contributed by atoms with E-state index in [0.717, 1.165) is 42.0 Å². The van der Waals surface area contributed by atoms with E-state index in [1.807, 2.05) is 19.9 Å². The minimum Gasteiger partial charge on any atom is -0.355 e. The maximum Gasteiger partial charge on any atom is 0.229 e. The third-order valence-corrected chi connectivity index (χ3v) is 4.50. The van der Waals surface area contributed by atoms with Gasteiger partial charge in [-0.3, -0.25) is 0 Å². The lowest BCUT2D eigenvalue weighted by atomic mass is 9.96. The number of hydrogen-bond donors (Lipinski definition) is 0. The zero-order chi connectivity index (χ0) is 16.4. The van der Waals surface area contributed by atoms with E-state index in [4.69, 9.17) is 4.52 Å². The Balaban J connectivity index is 1.70. The quantitative estimate of drug-likeness (QED) is 0.814. The van der Waals surface area contributed by atoms with Crippen LogP contribution in [-0.2, 0) is 0 Å². The van der Waals surface area contributed by atoms with E-state index in [0.29, 0.717) is 17.4 Å². The second kappa shape index (κ2) is 6.67. The number of rotatable bonds is 3. The highest BCUT2D eigenvalue weighted by Crippen LogP contribution is 2.30. The summed E-state index contributed by atoms with van der Waals surface area (Å²) in [5.41, 5.74) is 0.597. The Hall–Kier alpha value is -1.94. The average molecular weight is 376 g/mol. The first-order chi connectivity index (χ1) is 11.1. The molecule has 0 spiro atoms. The fourth-order valence-corrected chi connectivity index (χ4v) is 3.09. The number of nitrogens with zero attached hydrogens (tertiary/aromatic N) is 5. The molecule has 0 atom stereocenters. The van der Waals surface area contributed by atoms with Crippen LogP contribution in [0.3, 0.4) is 0 Å². The average Bonchev–Trinajstić information content (AvgIpc) is 3.05. The molecule has 1 saturated heterocycles. The predicted molar refractivity (Wildman–Crippen MR) is 89.2 cm³/mol. The lowest BCUT2D eigenvalue weighted by Crippen LogP contribution is -2.34. The highest BCUT2D eigenvalue weighted by atomic mass is 79.9. The number of nitriles is 1. The van der Waals surface area contributed by atoms with E-state index in [2.05, 4.69) is 42.0 Å². The summed E-state index contributed by atoms with van der Waals surface area (Å²) in [5.74, 6) is 2.82. The third kappa shape index (κ3) is 3.37. The number of hydrogen-bond acceptors (Lipinski definition) is 6. The fraction of sp³-hybridized carbons (Fsp3) is 0.500. The smallest absolute Gasteiger partial charge is 0.229 e. The zero-order valence-electron chi connectivity index (χ0n) is 13.2. The van der Waals surface area contributed by atoms with Crippen LogP contribution in [0.15, 0.2) is 21.3 Å². The van der Waals surface area contributed by atoms with Crippen LogP contribution in [0, 0.1) is 11.3 Å². The van der Waals surface area contributed by atoms with E-state index >= 15 is 0 Å². The van der Waals surface area contributed by atoms with Crippen LogP contribution < -0.4 is 4.90 Å². The summed E-state index contributed by atoms with van der Waals surface area (Å²) in [6.07, 6.45) is 3.59. The topological polar surface area (TPSA) is 78.8 Å². The summed E-state index contributed by atoms with van der Waals surface area (Å²) in [4.78, 5) is 11.1. The van der Waals surface area contributed by atoms with Crippen molar-refractivity contribution in [3.63, 3.8) is 0 Å². The summed E-state index contributed by atoms with van der Waals surface area (Å²) in [5, 5.41) is 13.4. The predicted octanol–water partition coefficient (Wildman–Crippen LogP) is 3.61. The molecule has 1 fully saturated rings. The molecule has 0 saturated carbocycles. The second-order valence-electron chi connectivity index (χ2n) is 6.04. The molecule has 0 unspecified atom stereocenters. The number of halogens is 1. The van der Waals surface area contributed by atoms with Crippen molar-refractivity contribution in [3.8, 4) is 6.07 Å². The first-order valence-corrected chi connectivity index (χ1v) is 8.52. The number of piperidine rings is 1. The molecular formula is C16H18BrN5O. The first-order valence-electron chi connectivity index (χ1n) is 7.72. The van der Waals surface area contributed by atoms with E-state index in [1.54, 1.807) is 6.20 Å². The van der Waals surface area contributed by atoms with E-state index in [-0.39, 0.29) is 5.92 Å². The van der Waals surface area contributed by atoms with Crippen LogP contribution in [0.1, 0.15) is 55.8 Å². The van der Waals surface area contributed by atoms with Gasteiger partial charge in [0.15, 0.2) is 5.82 Å². The lowest BCUT2D eigenvalue weighted by Gasteiger charge is -2.31. The van der Waals surface area contributed by atoms with Crippen molar-refractivity contribution in [2.24, 2.45) is 0 Å². The van der Waals surface area contributed by atoms with Crippen LogP contribution in [0.5, 0.6) is 0 Å². The van der Waals surface area contributed by atoms with Gasteiger partial charge in [-0.25, -0.2) is 4.98 Å². The molecule has 7 heteroatoms. The van der Waals surface area contributed by atoms with Gasteiger partial charge in [0.2, 0.25) is 5.89 Å². The molecule has 1 aliphatic heterocycles. The largest absolute Gasteiger partial charge is 0.355 e. The van der Waals surface area contributed by atoms with Gasteiger partial charge in [-0.2, -0.15) is 10.2 Å². The highest BCUT2D eigenvalue weighted by molar-refractivity contribution is 9.10. The Kier molecular flexibility index (Phi) is 4.62. The van der Waals surface area contributed by atoms with Crippen LogP contribution in [0.25, 0.3) is 0 Å². The summed E-state index contributed by atoms with van der Waals surface area (Å²) < 4.78 is 6.13. The van der Waals surface area contributed by atoms with Gasteiger partial charge < -0.3 is 9.42 Å². The molecule has 3 rings (SSSR count). The second-order valence-corrected chi connectivity index (χ2v) is 6.96. The molecule has 23 heavy (non-hydrogen) atoms. The molecule has 2 aromatic rings. The number of anilines is 1. The van der Waals surface area contributed by atoms with Crippen LogP contribution in [-0.4, -0.2) is 28.2 Å². The molecule has 0 radical (unpaired) electrons. The molecule has 0 aliphatic carbocycles. The summed E-state index contributed by atoms with van der Waals surface area (Å²) in [6.45, 7) is 5.75. The maximum atomic E-state index is 9.29. The molecular weight excluding hydrogens is 358 g/mol. The van der Waals surface area contributed by atoms with Gasteiger partial charge in [-0.05, 0) is 34.8 Å². The van der Waals surface area contributed by atoms with Crippen molar-refractivity contribution < 1.29 is 4.52 Å². The molecule has 0 amide bonds. The Morgan fingerprint density at radius 1 is 1.39 bits per heavy atom. The van der Waals surface area contributed by atoms with Crippen molar-refractivity contribution in [2.45, 2.75) is 38.5 Å². The van der Waals surface area contributed by atoms with Crippen LogP contribution in [0.2, 0.25) is 0 Å². The van der Waals surface area contributed by atoms with Crippen LogP contribution in [0.4, 0.5) is 5.82 Å². The van der Waals surface area contributed by atoms with Crippen molar-refractivity contribution in [2.75, 3.05) is 18.0 Å². The number of aromatic nitrogens is 3. The number of pyridine rings is 1. The van der Waals surface area contributed by atoms with Gasteiger partial charge in [-0.1, -0.05) is 19.0 Å². The van der Waals surface area contributed by atoms with Crippen molar-refractivity contribution in [1.29, 1.82) is 5.26 Å². The minimum atomic E-state index is 0.251. The van der Waals surface area contributed by atoms with Crippen molar-refractivity contribution in [3.05, 3.63) is 34.0 Å². The van der Waals surface area contributed by atoms with Gasteiger partial charge in [0.25, 0.3) is 0 Å². The highest BCUT2D eigenvalue weighted by Gasteiger charge is 2.26. The fourth-order valence-electron chi connectivity index (χ4n) is 2.76. The first kappa shape index (κ1) is 15.9.